The molecule has 0 aliphatic carbocycles. The molecule has 0 atom stereocenters. The Morgan fingerprint density at radius 2 is 1.84 bits per heavy atom. The number of aromatic amines is 1. The summed E-state index contributed by atoms with van der Waals surface area (Å²) in [7, 11) is -3.68. The number of imidazole rings is 1. The molecule has 3 heterocycles. The van der Waals surface area contributed by atoms with Gasteiger partial charge in [-0.1, -0.05) is 30.7 Å². The third-order valence-electron chi connectivity index (χ3n) is 5.55. The van der Waals surface area contributed by atoms with Gasteiger partial charge in [-0.3, -0.25) is 4.79 Å². The van der Waals surface area contributed by atoms with Crippen molar-refractivity contribution in [3.05, 3.63) is 64.9 Å². The maximum atomic E-state index is 13.1. The van der Waals surface area contributed by atoms with Crippen LogP contribution >= 0.6 is 11.3 Å². The van der Waals surface area contributed by atoms with E-state index >= 15 is 0 Å². The highest BCUT2D eigenvalue weighted by molar-refractivity contribution is 7.89. The molecule has 1 aliphatic rings. The van der Waals surface area contributed by atoms with Crippen molar-refractivity contribution in [3.63, 3.8) is 0 Å². The lowest BCUT2D eigenvalue weighted by molar-refractivity contribution is 0.102. The summed E-state index contributed by atoms with van der Waals surface area (Å²) in [6, 6.07) is 16.6. The van der Waals surface area contributed by atoms with E-state index in [0.29, 0.717) is 24.6 Å². The standard InChI is InChI=1S/C23H22N4O3S2/c28-23(21-20(11-14-31-21)32(29,30)27-12-4-1-5-13-27)24-17-8-6-7-16(15-17)22-25-18-9-2-3-10-19(18)26-22/h2-3,6-11,14-15H,1,4-5,12-13H2,(H,24,28)(H,25,26). The van der Waals surface area contributed by atoms with Gasteiger partial charge in [0.15, 0.2) is 0 Å². The summed E-state index contributed by atoms with van der Waals surface area (Å²) in [5.41, 5.74) is 3.19. The van der Waals surface area contributed by atoms with Crippen LogP contribution in [0, 0.1) is 0 Å². The molecule has 0 spiro atoms. The minimum atomic E-state index is -3.68. The molecule has 2 aromatic carbocycles. The number of thiophene rings is 1. The van der Waals surface area contributed by atoms with Crippen molar-refractivity contribution in [3.8, 4) is 11.4 Å². The Hall–Kier alpha value is -3.01. The molecule has 5 rings (SSSR count). The fourth-order valence-corrected chi connectivity index (χ4v) is 6.75. The number of carbonyl (C=O) groups excluding carboxylic acids is 1. The average Bonchev–Trinajstić information content (AvgIpc) is 3.48. The molecule has 1 fully saturated rings. The van der Waals surface area contributed by atoms with Crippen molar-refractivity contribution < 1.29 is 13.2 Å². The highest BCUT2D eigenvalue weighted by Gasteiger charge is 2.31. The van der Waals surface area contributed by atoms with Gasteiger partial charge in [-0.2, -0.15) is 4.31 Å². The number of benzene rings is 2. The first-order valence-corrected chi connectivity index (χ1v) is 12.8. The van der Waals surface area contributed by atoms with Crippen LogP contribution in [0.25, 0.3) is 22.4 Å². The van der Waals surface area contributed by atoms with E-state index in [1.165, 1.54) is 10.4 Å². The van der Waals surface area contributed by atoms with Crippen LogP contribution in [0.2, 0.25) is 0 Å². The number of sulfonamides is 1. The monoisotopic (exact) mass is 466 g/mol. The zero-order valence-electron chi connectivity index (χ0n) is 17.2. The Balaban J connectivity index is 1.39. The number of para-hydroxylation sites is 2. The quantitative estimate of drug-likeness (QED) is 0.445. The van der Waals surface area contributed by atoms with Crippen molar-refractivity contribution in [1.82, 2.24) is 14.3 Å². The summed E-state index contributed by atoms with van der Waals surface area (Å²) in [4.78, 5) is 21.2. The number of rotatable bonds is 5. The van der Waals surface area contributed by atoms with E-state index in [2.05, 4.69) is 15.3 Å². The Labute approximate surface area is 190 Å². The van der Waals surface area contributed by atoms with Gasteiger partial charge in [0.1, 0.15) is 15.6 Å². The largest absolute Gasteiger partial charge is 0.338 e. The van der Waals surface area contributed by atoms with Gasteiger partial charge >= 0.3 is 0 Å². The van der Waals surface area contributed by atoms with Gasteiger partial charge < -0.3 is 10.3 Å². The molecule has 0 unspecified atom stereocenters. The number of H-pyrrole nitrogens is 1. The number of anilines is 1. The first kappa shape index (κ1) is 20.9. The second-order valence-electron chi connectivity index (χ2n) is 7.72. The van der Waals surface area contributed by atoms with Crippen LogP contribution in [0.4, 0.5) is 5.69 Å². The van der Waals surface area contributed by atoms with Gasteiger partial charge in [0.25, 0.3) is 5.91 Å². The van der Waals surface area contributed by atoms with E-state index in [-0.39, 0.29) is 9.77 Å². The SMILES string of the molecule is O=C(Nc1cccc(-c2nc3ccccc3[nH]2)c1)c1sccc1S(=O)(=O)N1CCCCC1. The van der Waals surface area contributed by atoms with Crippen LogP contribution < -0.4 is 5.32 Å². The third-order valence-corrected chi connectivity index (χ3v) is 8.53. The second kappa shape index (κ2) is 8.50. The highest BCUT2D eigenvalue weighted by atomic mass is 32.2. The molecular weight excluding hydrogens is 444 g/mol. The van der Waals surface area contributed by atoms with Crippen LogP contribution in [0.3, 0.4) is 0 Å². The molecule has 7 nitrogen and oxygen atoms in total. The van der Waals surface area contributed by atoms with Gasteiger partial charge in [-0.25, -0.2) is 13.4 Å². The molecular formula is C23H22N4O3S2. The molecule has 164 valence electrons. The first-order chi connectivity index (χ1) is 15.5. The maximum absolute atomic E-state index is 13.1. The molecule has 32 heavy (non-hydrogen) atoms. The average molecular weight is 467 g/mol. The summed E-state index contributed by atoms with van der Waals surface area (Å²) >= 11 is 1.13. The smallest absolute Gasteiger partial charge is 0.267 e. The fraction of sp³-hybridized carbons (Fsp3) is 0.217. The molecule has 0 radical (unpaired) electrons. The minimum absolute atomic E-state index is 0.0790. The van der Waals surface area contributed by atoms with E-state index in [1.54, 1.807) is 11.4 Å². The van der Waals surface area contributed by atoms with Crippen LogP contribution in [-0.2, 0) is 10.0 Å². The van der Waals surface area contributed by atoms with Gasteiger partial charge in [-0.05, 0) is 48.6 Å². The summed E-state index contributed by atoms with van der Waals surface area (Å²) in [6.07, 6.45) is 2.73. The second-order valence-corrected chi connectivity index (χ2v) is 10.5. The fourth-order valence-electron chi connectivity index (χ4n) is 3.93. The van der Waals surface area contributed by atoms with Crippen LogP contribution in [-0.4, -0.2) is 41.7 Å². The summed E-state index contributed by atoms with van der Waals surface area (Å²) in [6.45, 7) is 0.998. The van der Waals surface area contributed by atoms with Gasteiger partial charge in [0.05, 0.1) is 11.0 Å². The molecule has 0 saturated carbocycles. The van der Waals surface area contributed by atoms with Gasteiger partial charge in [-0.15, -0.1) is 11.3 Å². The number of carbonyl (C=O) groups is 1. The predicted molar refractivity (Wildman–Crippen MR) is 126 cm³/mol. The number of hydrogen-bond acceptors (Lipinski definition) is 5. The normalized spacial score (nSPS) is 15.1. The first-order valence-electron chi connectivity index (χ1n) is 10.5. The van der Waals surface area contributed by atoms with Crippen molar-refractivity contribution in [2.75, 3.05) is 18.4 Å². The van der Waals surface area contributed by atoms with Crippen molar-refractivity contribution >= 4 is 44.0 Å². The molecule has 1 saturated heterocycles. The van der Waals surface area contributed by atoms with Gasteiger partial charge in [0, 0.05) is 24.3 Å². The van der Waals surface area contributed by atoms with E-state index < -0.39 is 15.9 Å². The molecule has 2 aromatic heterocycles. The van der Waals surface area contributed by atoms with Crippen molar-refractivity contribution in [2.45, 2.75) is 24.2 Å². The maximum Gasteiger partial charge on any atom is 0.267 e. The molecule has 1 amide bonds. The summed E-state index contributed by atoms with van der Waals surface area (Å²) < 4.78 is 27.7. The van der Waals surface area contributed by atoms with E-state index in [0.717, 1.165) is 47.2 Å². The Morgan fingerprint density at radius 1 is 1.03 bits per heavy atom. The Morgan fingerprint density at radius 3 is 2.66 bits per heavy atom. The number of hydrogen-bond donors (Lipinski definition) is 2. The van der Waals surface area contributed by atoms with E-state index in [1.807, 2.05) is 42.5 Å². The number of nitrogens with one attached hydrogen (secondary N) is 2. The lowest BCUT2D eigenvalue weighted by Crippen LogP contribution is -2.36. The topological polar surface area (TPSA) is 95.2 Å². The Bertz CT molecular complexity index is 1350. The van der Waals surface area contributed by atoms with Gasteiger partial charge in [0.2, 0.25) is 10.0 Å². The number of amides is 1. The minimum Gasteiger partial charge on any atom is -0.338 e. The lowest BCUT2D eigenvalue weighted by Gasteiger charge is -2.25. The number of fused-ring (bicyclic) bond motifs is 1. The van der Waals surface area contributed by atoms with Crippen LogP contribution in [0.15, 0.2) is 64.9 Å². The summed E-state index contributed by atoms with van der Waals surface area (Å²) in [5, 5.41) is 4.50. The van der Waals surface area contributed by atoms with Crippen LogP contribution in [0.5, 0.6) is 0 Å². The molecule has 2 N–H and O–H groups in total. The van der Waals surface area contributed by atoms with Crippen molar-refractivity contribution in [1.29, 1.82) is 0 Å². The highest BCUT2D eigenvalue weighted by Crippen LogP contribution is 2.29. The third kappa shape index (κ3) is 3.94. The zero-order valence-corrected chi connectivity index (χ0v) is 18.9. The molecule has 9 heteroatoms. The van der Waals surface area contributed by atoms with E-state index in [9.17, 15) is 13.2 Å². The zero-order chi connectivity index (χ0) is 22.1. The molecule has 0 bridgehead atoms. The van der Waals surface area contributed by atoms with Crippen molar-refractivity contribution in [2.24, 2.45) is 0 Å². The predicted octanol–water partition coefficient (Wildman–Crippen LogP) is 4.72. The lowest BCUT2D eigenvalue weighted by atomic mass is 10.2. The number of piperidine rings is 1. The summed E-state index contributed by atoms with van der Waals surface area (Å²) in [5.74, 6) is 0.268. The van der Waals surface area contributed by atoms with Crippen LogP contribution in [0.1, 0.15) is 28.9 Å². The molecule has 1 aliphatic heterocycles. The Kier molecular flexibility index (Phi) is 5.54. The number of aromatic nitrogens is 2. The molecule has 4 aromatic rings. The number of nitrogens with zero attached hydrogens (tertiary/aromatic N) is 2. The van der Waals surface area contributed by atoms with E-state index in [4.69, 9.17) is 0 Å².